The number of rotatable bonds is 4. The van der Waals surface area contributed by atoms with E-state index < -0.39 is 0 Å². The van der Waals surface area contributed by atoms with Gasteiger partial charge in [-0.25, -0.2) is 4.98 Å². The Kier molecular flexibility index (Phi) is 3.88. The SMILES string of the molecule is Cc1cccc(CNC2CCCC2n2ccnc2)c1C. The van der Waals surface area contributed by atoms with Crippen molar-refractivity contribution in [3.8, 4) is 0 Å². The van der Waals surface area contributed by atoms with Gasteiger partial charge in [-0.3, -0.25) is 0 Å². The van der Waals surface area contributed by atoms with Crippen LogP contribution < -0.4 is 5.32 Å². The Bertz CT molecular complexity index is 560. The lowest BCUT2D eigenvalue weighted by Gasteiger charge is -2.23. The Morgan fingerprint density at radius 3 is 3.00 bits per heavy atom. The highest BCUT2D eigenvalue weighted by atomic mass is 15.1. The second-order valence-corrected chi connectivity index (χ2v) is 5.85. The van der Waals surface area contributed by atoms with Gasteiger partial charge in [0, 0.05) is 31.0 Å². The average molecular weight is 269 g/mol. The molecule has 2 atom stereocenters. The summed E-state index contributed by atoms with van der Waals surface area (Å²) < 4.78 is 2.26. The molecule has 1 aliphatic carbocycles. The lowest BCUT2D eigenvalue weighted by molar-refractivity contribution is 0.390. The molecular weight excluding hydrogens is 246 g/mol. The van der Waals surface area contributed by atoms with E-state index >= 15 is 0 Å². The molecule has 2 aromatic rings. The van der Waals surface area contributed by atoms with Crippen LogP contribution in [0, 0.1) is 13.8 Å². The van der Waals surface area contributed by atoms with Gasteiger partial charge in [-0.15, -0.1) is 0 Å². The van der Waals surface area contributed by atoms with E-state index in [1.165, 1.54) is 36.0 Å². The lowest BCUT2D eigenvalue weighted by Crippen LogP contribution is -2.33. The van der Waals surface area contributed by atoms with Crippen LogP contribution in [0.5, 0.6) is 0 Å². The van der Waals surface area contributed by atoms with E-state index in [0.29, 0.717) is 12.1 Å². The van der Waals surface area contributed by atoms with Crippen molar-refractivity contribution in [2.24, 2.45) is 0 Å². The molecule has 20 heavy (non-hydrogen) atoms. The molecule has 1 heterocycles. The molecule has 1 N–H and O–H groups in total. The van der Waals surface area contributed by atoms with E-state index in [1.54, 1.807) is 0 Å². The first-order valence-corrected chi connectivity index (χ1v) is 7.51. The van der Waals surface area contributed by atoms with Crippen molar-refractivity contribution in [1.29, 1.82) is 0 Å². The summed E-state index contributed by atoms with van der Waals surface area (Å²) in [5.74, 6) is 0. The zero-order valence-corrected chi connectivity index (χ0v) is 12.3. The van der Waals surface area contributed by atoms with Crippen molar-refractivity contribution in [3.05, 3.63) is 53.6 Å². The summed E-state index contributed by atoms with van der Waals surface area (Å²) in [5.41, 5.74) is 4.21. The molecule has 3 rings (SSSR count). The largest absolute Gasteiger partial charge is 0.333 e. The predicted molar refractivity (Wildman–Crippen MR) is 81.7 cm³/mol. The number of aromatic nitrogens is 2. The summed E-state index contributed by atoms with van der Waals surface area (Å²) in [6, 6.07) is 7.69. The Labute approximate surface area is 121 Å². The van der Waals surface area contributed by atoms with Crippen molar-refractivity contribution >= 4 is 0 Å². The van der Waals surface area contributed by atoms with E-state index in [1.807, 2.05) is 12.5 Å². The molecule has 3 heteroatoms. The zero-order valence-electron chi connectivity index (χ0n) is 12.3. The van der Waals surface area contributed by atoms with Gasteiger partial charge in [0.15, 0.2) is 0 Å². The fourth-order valence-electron chi connectivity index (χ4n) is 3.25. The van der Waals surface area contributed by atoms with Crippen LogP contribution in [0.25, 0.3) is 0 Å². The minimum Gasteiger partial charge on any atom is -0.333 e. The smallest absolute Gasteiger partial charge is 0.0949 e. The Morgan fingerprint density at radius 1 is 1.30 bits per heavy atom. The van der Waals surface area contributed by atoms with Crippen LogP contribution in [0.1, 0.15) is 42.0 Å². The molecule has 0 aliphatic heterocycles. The summed E-state index contributed by atoms with van der Waals surface area (Å²) in [4.78, 5) is 4.18. The standard InChI is InChI=1S/C17H23N3/c1-13-5-3-6-15(14(13)2)11-19-16-7-4-8-17(16)20-10-9-18-12-20/h3,5-6,9-10,12,16-17,19H,4,7-8,11H2,1-2H3. The average Bonchev–Trinajstić information content (AvgIpc) is 3.10. The normalized spacial score (nSPS) is 22.3. The second-order valence-electron chi connectivity index (χ2n) is 5.85. The fraction of sp³-hybridized carbons (Fsp3) is 0.471. The van der Waals surface area contributed by atoms with E-state index in [-0.39, 0.29) is 0 Å². The molecule has 1 fully saturated rings. The van der Waals surface area contributed by atoms with Crippen LogP contribution in [0.4, 0.5) is 0 Å². The summed E-state index contributed by atoms with van der Waals surface area (Å²) >= 11 is 0. The monoisotopic (exact) mass is 269 g/mol. The van der Waals surface area contributed by atoms with E-state index in [2.05, 4.69) is 53.1 Å². The first kappa shape index (κ1) is 13.4. The van der Waals surface area contributed by atoms with Gasteiger partial charge in [0.05, 0.1) is 6.33 Å². The highest BCUT2D eigenvalue weighted by Crippen LogP contribution is 2.30. The van der Waals surface area contributed by atoms with Gasteiger partial charge in [0.1, 0.15) is 0 Å². The minimum atomic E-state index is 0.558. The fourth-order valence-corrected chi connectivity index (χ4v) is 3.25. The number of hydrogen-bond donors (Lipinski definition) is 1. The van der Waals surface area contributed by atoms with Gasteiger partial charge in [0.2, 0.25) is 0 Å². The predicted octanol–water partition coefficient (Wildman–Crippen LogP) is 3.38. The molecule has 0 spiro atoms. The van der Waals surface area contributed by atoms with E-state index in [0.717, 1.165) is 6.54 Å². The maximum atomic E-state index is 4.18. The third-order valence-electron chi connectivity index (χ3n) is 4.66. The lowest BCUT2D eigenvalue weighted by atomic mass is 10.0. The Hall–Kier alpha value is -1.61. The summed E-state index contributed by atoms with van der Waals surface area (Å²) in [7, 11) is 0. The first-order chi connectivity index (χ1) is 9.75. The van der Waals surface area contributed by atoms with Crippen molar-refractivity contribution in [2.75, 3.05) is 0 Å². The maximum Gasteiger partial charge on any atom is 0.0949 e. The maximum absolute atomic E-state index is 4.18. The van der Waals surface area contributed by atoms with Crippen molar-refractivity contribution < 1.29 is 0 Å². The topological polar surface area (TPSA) is 29.9 Å². The molecular formula is C17H23N3. The molecule has 106 valence electrons. The molecule has 1 aromatic heterocycles. The molecule has 3 nitrogen and oxygen atoms in total. The Balaban J connectivity index is 1.67. The van der Waals surface area contributed by atoms with Crippen LogP contribution in [0.15, 0.2) is 36.9 Å². The molecule has 1 aromatic carbocycles. The second kappa shape index (κ2) is 5.80. The van der Waals surface area contributed by atoms with Crippen LogP contribution in [0.3, 0.4) is 0 Å². The van der Waals surface area contributed by atoms with Gasteiger partial charge < -0.3 is 9.88 Å². The quantitative estimate of drug-likeness (QED) is 0.922. The van der Waals surface area contributed by atoms with Gasteiger partial charge in [-0.05, 0) is 49.8 Å². The highest BCUT2D eigenvalue weighted by Gasteiger charge is 2.27. The van der Waals surface area contributed by atoms with Crippen molar-refractivity contribution in [1.82, 2.24) is 14.9 Å². The van der Waals surface area contributed by atoms with Gasteiger partial charge >= 0.3 is 0 Å². The molecule has 0 bridgehead atoms. The summed E-state index contributed by atoms with van der Waals surface area (Å²) in [5, 5.41) is 3.76. The number of aryl methyl sites for hydroxylation is 1. The summed E-state index contributed by atoms with van der Waals surface area (Å²) in [6.07, 6.45) is 9.72. The van der Waals surface area contributed by atoms with Gasteiger partial charge in [0.25, 0.3) is 0 Å². The summed E-state index contributed by atoms with van der Waals surface area (Å²) in [6.45, 7) is 5.36. The third-order valence-corrected chi connectivity index (χ3v) is 4.66. The van der Waals surface area contributed by atoms with Gasteiger partial charge in [-0.1, -0.05) is 18.2 Å². The van der Waals surface area contributed by atoms with Crippen molar-refractivity contribution in [2.45, 2.75) is 51.7 Å². The van der Waals surface area contributed by atoms with Crippen LogP contribution in [-0.4, -0.2) is 15.6 Å². The number of imidazole rings is 1. The third kappa shape index (κ3) is 2.63. The minimum absolute atomic E-state index is 0.558. The van der Waals surface area contributed by atoms with Gasteiger partial charge in [-0.2, -0.15) is 0 Å². The number of hydrogen-bond acceptors (Lipinski definition) is 2. The first-order valence-electron chi connectivity index (χ1n) is 7.51. The molecule has 1 aliphatic rings. The number of nitrogens with zero attached hydrogens (tertiary/aromatic N) is 2. The van der Waals surface area contributed by atoms with Crippen LogP contribution >= 0.6 is 0 Å². The number of nitrogens with one attached hydrogen (secondary N) is 1. The molecule has 1 saturated carbocycles. The Morgan fingerprint density at radius 2 is 2.20 bits per heavy atom. The molecule has 0 saturated heterocycles. The zero-order chi connectivity index (χ0) is 13.9. The van der Waals surface area contributed by atoms with E-state index in [9.17, 15) is 0 Å². The molecule has 0 radical (unpaired) electrons. The highest BCUT2D eigenvalue weighted by molar-refractivity contribution is 5.33. The van der Waals surface area contributed by atoms with E-state index in [4.69, 9.17) is 0 Å². The van der Waals surface area contributed by atoms with Crippen LogP contribution in [-0.2, 0) is 6.54 Å². The van der Waals surface area contributed by atoms with Crippen LogP contribution in [0.2, 0.25) is 0 Å². The molecule has 0 amide bonds. The van der Waals surface area contributed by atoms with Crippen molar-refractivity contribution in [3.63, 3.8) is 0 Å². The molecule has 2 unspecified atom stereocenters. The number of benzene rings is 1.